The highest BCUT2D eigenvalue weighted by molar-refractivity contribution is 6.30. The molecule has 2 aromatic carbocycles. The van der Waals surface area contributed by atoms with Crippen molar-refractivity contribution in [3.63, 3.8) is 0 Å². The number of fused-ring (bicyclic) bond motifs is 1. The molecule has 0 saturated carbocycles. The van der Waals surface area contributed by atoms with E-state index in [-0.39, 0.29) is 11.5 Å². The zero-order valence-electron chi connectivity index (χ0n) is 15.7. The summed E-state index contributed by atoms with van der Waals surface area (Å²) >= 11 is 5.95. The van der Waals surface area contributed by atoms with Crippen molar-refractivity contribution in [3.8, 4) is 5.75 Å². The number of benzene rings is 2. The highest BCUT2D eigenvalue weighted by atomic mass is 35.5. The molecule has 2 aromatic rings. The van der Waals surface area contributed by atoms with Crippen molar-refractivity contribution in [1.29, 1.82) is 0 Å². The van der Waals surface area contributed by atoms with Crippen LogP contribution in [0.4, 0.5) is 0 Å². The molecule has 1 saturated heterocycles. The number of piperidine rings is 1. The number of hydrogen-bond donors (Lipinski definition) is 1. The molecule has 5 heteroatoms. The fraction of sp³-hybridized carbons (Fsp3) is 0.409. The topological polar surface area (TPSA) is 49.8 Å². The van der Waals surface area contributed by atoms with Gasteiger partial charge in [0.25, 0.3) is 5.91 Å². The first kappa shape index (κ1) is 18.3. The van der Waals surface area contributed by atoms with Crippen LogP contribution in [0.15, 0.2) is 42.5 Å². The van der Waals surface area contributed by atoms with E-state index in [1.54, 1.807) is 12.1 Å². The van der Waals surface area contributed by atoms with Gasteiger partial charge in [0.2, 0.25) is 0 Å². The average Bonchev–Trinajstić information content (AvgIpc) is 2.96. The van der Waals surface area contributed by atoms with Gasteiger partial charge in [0.15, 0.2) is 0 Å². The van der Waals surface area contributed by atoms with Gasteiger partial charge in [-0.3, -0.25) is 4.79 Å². The van der Waals surface area contributed by atoms with Crippen LogP contribution in [0.1, 0.15) is 48.2 Å². The van der Waals surface area contributed by atoms with Gasteiger partial charge in [-0.1, -0.05) is 35.9 Å². The van der Waals surface area contributed by atoms with E-state index in [9.17, 15) is 9.90 Å². The number of hydrogen-bond acceptors (Lipinski definition) is 3. The zero-order valence-corrected chi connectivity index (χ0v) is 16.4. The number of carbonyl (C=O) groups excluding carboxylic acids is 1. The fourth-order valence-corrected chi connectivity index (χ4v) is 4.21. The number of halogens is 1. The summed E-state index contributed by atoms with van der Waals surface area (Å²) < 4.78 is 6.05. The molecule has 4 nitrogen and oxygen atoms in total. The van der Waals surface area contributed by atoms with Crippen molar-refractivity contribution in [1.82, 2.24) is 4.90 Å². The molecule has 1 amide bonds. The van der Waals surface area contributed by atoms with Crippen LogP contribution >= 0.6 is 11.6 Å². The van der Waals surface area contributed by atoms with Gasteiger partial charge in [-0.15, -0.1) is 0 Å². The second-order valence-electron chi connectivity index (χ2n) is 8.16. The van der Waals surface area contributed by atoms with E-state index in [0.29, 0.717) is 42.3 Å². The van der Waals surface area contributed by atoms with Crippen LogP contribution < -0.4 is 4.74 Å². The molecule has 0 unspecified atom stereocenters. The molecule has 27 heavy (non-hydrogen) atoms. The SMILES string of the molecule is CC1(C)Cc2cccc(C(=O)N3CCC(O)(c4ccc(Cl)cc4)CC3)c2O1. The summed E-state index contributed by atoms with van der Waals surface area (Å²) in [5.74, 6) is 0.689. The van der Waals surface area contributed by atoms with Crippen molar-refractivity contribution in [2.45, 2.75) is 44.3 Å². The quantitative estimate of drug-likeness (QED) is 0.843. The standard InChI is InChI=1S/C22H24ClNO3/c1-21(2)14-15-4-3-5-18(19(15)27-21)20(25)24-12-10-22(26,11-13-24)16-6-8-17(23)9-7-16/h3-9,26H,10-14H2,1-2H3. The Balaban J connectivity index is 1.50. The van der Waals surface area contributed by atoms with Gasteiger partial charge < -0.3 is 14.7 Å². The lowest BCUT2D eigenvalue weighted by molar-refractivity contribution is -0.0212. The normalized spacial score (nSPS) is 20.1. The monoisotopic (exact) mass is 385 g/mol. The number of amides is 1. The summed E-state index contributed by atoms with van der Waals surface area (Å²) in [5.41, 5.74) is 1.36. The first-order valence-electron chi connectivity index (χ1n) is 9.36. The molecule has 0 atom stereocenters. The average molecular weight is 386 g/mol. The minimum atomic E-state index is -0.918. The van der Waals surface area contributed by atoms with E-state index in [4.69, 9.17) is 16.3 Å². The minimum Gasteiger partial charge on any atom is -0.486 e. The number of ether oxygens (including phenoxy) is 1. The molecule has 2 aliphatic heterocycles. The van der Waals surface area contributed by atoms with E-state index in [1.165, 1.54) is 0 Å². The lowest BCUT2D eigenvalue weighted by atomic mass is 9.84. The third kappa shape index (κ3) is 3.44. The smallest absolute Gasteiger partial charge is 0.257 e. The zero-order chi connectivity index (χ0) is 19.2. The summed E-state index contributed by atoms with van der Waals surface area (Å²) in [6.45, 7) is 5.08. The number of rotatable bonds is 2. The Morgan fingerprint density at radius 2 is 1.78 bits per heavy atom. The van der Waals surface area contributed by atoms with Crippen molar-refractivity contribution < 1.29 is 14.6 Å². The maximum atomic E-state index is 13.1. The van der Waals surface area contributed by atoms with Gasteiger partial charge in [-0.05, 0) is 56.0 Å². The van der Waals surface area contributed by atoms with Crippen molar-refractivity contribution in [3.05, 3.63) is 64.2 Å². The molecule has 1 N–H and O–H groups in total. The van der Waals surface area contributed by atoms with Gasteiger partial charge in [-0.25, -0.2) is 0 Å². The Hall–Kier alpha value is -2.04. The van der Waals surface area contributed by atoms with Crippen LogP contribution in [-0.4, -0.2) is 34.6 Å². The van der Waals surface area contributed by atoms with Gasteiger partial charge >= 0.3 is 0 Å². The van der Waals surface area contributed by atoms with E-state index in [1.807, 2.05) is 49.1 Å². The van der Waals surface area contributed by atoms with Crippen LogP contribution in [-0.2, 0) is 12.0 Å². The van der Waals surface area contributed by atoms with Gasteiger partial charge in [0.1, 0.15) is 11.4 Å². The summed E-state index contributed by atoms with van der Waals surface area (Å²) in [6.07, 6.45) is 1.81. The van der Waals surface area contributed by atoms with E-state index < -0.39 is 5.60 Å². The second-order valence-corrected chi connectivity index (χ2v) is 8.60. The molecule has 4 rings (SSSR count). The van der Waals surface area contributed by atoms with Crippen LogP contribution in [0, 0.1) is 0 Å². The summed E-state index contributed by atoms with van der Waals surface area (Å²) in [4.78, 5) is 14.9. The first-order chi connectivity index (χ1) is 12.8. The molecule has 0 spiro atoms. The number of nitrogens with zero attached hydrogens (tertiary/aromatic N) is 1. The third-order valence-corrected chi connectivity index (χ3v) is 5.83. The molecule has 0 bridgehead atoms. The summed E-state index contributed by atoms with van der Waals surface area (Å²) in [7, 11) is 0. The molecule has 142 valence electrons. The lowest BCUT2D eigenvalue weighted by Gasteiger charge is -2.38. The summed E-state index contributed by atoms with van der Waals surface area (Å²) in [5, 5.41) is 11.7. The number of para-hydroxylation sites is 1. The Kier molecular flexibility index (Phi) is 4.44. The van der Waals surface area contributed by atoms with E-state index in [2.05, 4.69) is 0 Å². The van der Waals surface area contributed by atoms with Crippen LogP contribution in [0.25, 0.3) is 0 Å². The number of likely N-dealkylation sites (tertiary alicyclic amines) is 1. The molecule has 2 heterocycles. The Morgan fingerprint density at radius 1 is 1.11 bits per heavy atom. The molecule has 1 fully saturated rings. The molecule has 2 aliphatic rings. The van der Waals surface area contributed by atoms with Crippen molar-refractivity contribution in [2.75, 3.05) is 13.1 Å². The second kappa shape index (κ2) is 6.54. The molecule has 0 aliphatic carbocycles. The van der Waals surface area contributed by atoms with Crippen LogP contribution in [0.5, 0.6) is 5.75 Å². The van der Waals surface area contributed by atoms with Crippen LogP contribution in [0.2, 0.25) is 5.02 Å². The van der Waals surface area contributed by atoms with Gasteiger partial charge in [-0.2, -0.15) is 0 Å². The highest BCUT2D eigenvalue weighted by Crippen LogP contribution is 2.39. The number of carbonyl (C=O) groups is 1. The third-order valence-electron chi connectivity index (χ3n) is 5.58. The van der Waals surface area contributed by atoms with Crippen molar-refractivity contribution >= 4 is 17.5 Å². The maximum absolute atomic E-state index is 13.1. The van der Waals surface area contributed by atoms with Gasteiger partial charge in [0, 0.05) is 24.5 Å². The summed E-state index contributed by atoms with van der Waals surface area (Å²) in [6, 6.07) is 13.1. The minimum absolute atomic E-state index is 0.0253. The molecule has 0 aromatic heterocycles. The highest BCUT2D eigenvalue weighted by Gasteiger charge is 2.38. The van der Waals surface area contributed by atoms with Gasteiger partial charge in [0.05, 0.1) is 11.2 Å². The fourth-order valence-electron chi connectivity index (χ4n) is 4.08. The molecular weight excluding hydrogens is 362 g/mol. The predicted molar refractivity (Wildman–Crippen MR) is 105 cm³/mol. The number of aliphatic hydroxyl groups is 1. The largest absolute Gasteiger partial charge is 0.486 e. The molecule has 0 radical (unpaired) electrons. The lowest BCUT2D eigenvalue weighted by Crippen LogP contribution is -2.45. The predicted octanol–water partition coefficient (Wildman–Crippen LogP) is 4.18. The Bertz CT molecular complexity index is 868. The first-order valence-corrected chi connectivity index (χ1v) is 9.74. The Labute approximate surface area is 164 Å². The molecular formula is C22H24ClNO3. The van der Waals surface area contributed by atoms with E-state index >= 15 is 0 Å². The maximum Gasteiger partial charge on any atom is 0.257 e. The Morgan fingerprint density at radius 3 is 2.44 bits per heavy atom. The van der Waals surface area contributed by atoms with Crippen LogP contribution in [0.3, 0.4) is 0 Å². The van der Waals surface area contributed by atoms with E-state index in [0.717, 1.165) is 17.5 Å². The van der Waals surface area contributed by atoms with Crippen molar-refractivity contribution in [2.24, 2.45) is 0 Å².